The molecule has 1 heterocycles. The van der Waals surface area contributed by atoms with Gasteiger partial charge in [0.1, 0.15) is 5.60 Å². The molecule has 0 aromatic heterocycles. The molecule has 0 saturated carbocycles. The summed E-state index contributed by atoms with van der Waals surface area (Å²) in [7, 11) is 0. The van der Waals surface area contributed by atoms with Gasteiger partial charge in [0.2, 0.25) is 0 Å². The molecule has 1 aromatic rings. The predicted molar refractivity (Wildman–Crippen MR) is 104 cm³/mol. The molecule has 0 bridgehead atoms. The van der Waals surface area contributed by atoms with Gasteiger partial charge in [-0.3, -0.25) is 4.79 Å². The van der Waals surface area contributed by atoms with E-state index in [1.54, 1.807) is 6.08 Å². The number of carbonyl (C=O) groups excluding carboxylic acids is 2. The van der Waals surface area contributed by atoms with Crippen LogP contribution in [0.5, 0.6) is 0 Å². The number of ether oxygens (including phenoxy) is 1. The van der Waals surface area contributed by atoms with Gasteiger partial charge in [-0.15, -0.1) is 0 Å². The van der Waals surface area contributed by atoms with Gasteiger partial charge in [0.15, 0.2) is 0 Å². The van der Waals surface area contributed by atoms with Crippen LogP contribution in [0, 0.1) is 5.92 Å². The van der Waals surface area contributed by atoms with Gasteiger partial charge >= 0.3 is 6.09 Å². The molecule has 0 spiro atoms. The predicted octanol–water partition coefficient (Wildman–Crippen LogP) is 3.85. The second kappa shape index (κ2) is 8.88. The lowest BCUT2D eigenvalue weighted by Gasteiger charge is -2.31. The van der Waals surface area contributed by atoms with Crippen molar-refractivity contribution in [3.8, 4) is 0 Å². The minimum absolute atomic E-state index is 0.0223. The average molecular weight is 358 g/mol. The lowest BCUT2D eigenvalue weighted by atomic mass is 9.97. The maximum Gasteiger partial charge on any atom is 0.407 e. The molecule has 1 saturated heterocycles. The Kier molecular flexibility index (Phi) is 6.83. The van der Waals surface area contributed by atoms with Crippen LogP contribution in [-0.2, 0) is 9.53 Å². The third-order valence-corrected chi connectivity index (χ3v) is 4.34. The zero-order valence-electron chi connectivity index (χ0n) is 16.2. The Morgan fingerprint density at radius 1 is 1.19 bits per heavy atom. The second-order valence-electron chi connectivity index (χ2n) is 7.84. The molecule has 2 amide bonds. The van der Waals surface area contributed by atoms with Crippen molar-refractivity contribution in [3.63, 3.8) is 0 Å². The van der Waals surface area contributed by atoms with Gasteiger partial charge in [-0.25, -0.2) is 4.79 Å². The van der Waals surface area contributed by atoms with Crippen molar-refractivity contribution in [2.75, 3.05) is 19.6 Å². The first-order chi connectivity index (χ1) is 12.3. The number of likely N-dealkylation sites (tertiary alicyclic amines) is 1. The number of nitrogens with zero attached hydrogens (tertiary/aromatic N) is 1. The molecule has 5 nitrogen and oxygen atoms in total. The molecular weight excluding hydrogens is 328 g/mol. The second-order valence-corrected chi connectivity index (χ2v) is 7.84. The molecule has 5 heteroatoms. The van der Waals surface area contributed by atoms with Crippen LogP contribution in [-0.4, -0.2) is 42.1 Å². The van der Waals surface area contributed by atoms with Crippen molar-refractivity contribution in [2.24, 2.45) is 5.92 Å². The van der Waals surface area contributed by atoms with E-state index < -0.39 is 11.7 Å². The highest BCUT2D eigenvalue weighted by Crippen LogP contribution is 2.22. The first-order valence-corrected chi connectivity index (χ1v) is 9.28. The molecule has 0 atom stereocenters. The summed E-state index contributed by atoms with van der Waals surface area (Å²) in [5.41, 5.74) is 0.939. The third kappa shape index (κ3) is 6.21. The molecule has 0 aliphatic carbocycles. The fourth-order valence-electron chi connectivity index (χ4n) is 2.88. The van der Waals surface area contributed by atoms with Crippen molar-refractivity contribution >= 4 is 17.6 Å². The van der Waals surface area contributed by atoms with Crippen LogP contribution in [0.4, 0.5) is 4.79 Å². The number of nitrogens with one attached hydrogen (secondary N) is 1. The first-order valence-electron chi connectivity index (χ1n) is 9.28. The van der Waals surface area contributed by atoms with Crippen molar-refractivity contribution in [1.82, 2.24) is 10.2 Å². The molecule has 1 aliphatic heterocycles. The Labute approximate surface area is 156 Å². The number of hydrogen-bond acceptors (Lipinski definition) is 3. The monoisotopic (exact) mass is 358 g/mol. The summed E-state index contributed by atoms with van der Waals surface area (Å²) < 4.78 is 5.24. The minimum Gasteiger partial charge on any atom is -0.444 e. The van der Waals surface area contributed by atoms with E-state index in [1.807, 2.05) is 56.0 Å². The Morgan fingerprint density at radius 3 is 2.38 bits per heavy atom. The van der Waals surface area contributed by atoms with E-state index in [0.29, 0.717) is 11.5 Å². The molecule has 0 radical (unpaired) electrons. The van der Waals surface area contributed by atoms with E-state index in [0.717, 1.165) is 31.5 Å². The largest absolute Gasteiger partial charge is 0.444 e. The van der Waals surface area contributed by atoms with E-state index in [4.69, 9.17) is 4.74 Å². The van der Waals surface area contributed by atoms with E-state index in [-0.39, 0.29) is 12.5 Å². The smallest absolute Gasteiger partial charge is 0.407 e. The van der Waals surface area contributed by atoms with Crippen LogP contribution in [0.2, 0.25) is 0 Å². The molecular formula is C21H30N2O3. The molecule has 1 N–H and O–H groups in total. The van der Waals surface area contributed by atoms with E-state index in [1.165, 1.54) is 0 Å². The fourth-order valence-corrected chi connectivity index (χ4v) is 2.88. The topological polar surface area (TPSA) is 58.6 Å². The SMILES string of the molecule is CC1CCN(C(=O)/C(=C/CNC(=O)OC(C)(C)C)c2ccccc2)CC1. The van der Waals surface area contributed by atoms with E-state index >= 15 is 0 Å². The lowest BCUT2D eigenvalue weighted by Crippen LogP contribution is -2.38. The average Bonchev–Trinajstić information content (AvgIpc) is 2.58. The number of rotatable bonds is 4. The van der Waals surface area contributed by atoms with Crippen LogP contribution in [0.25, 0.3) is 5.57 Å². The molecule has 1 aromatic carbocycles. The number of amides is 2. The normalized spacial score (nSPS) is 16.3. The van der Waals surface area contributed by atoms with Gasteiger partial charge < -0.3 is 15.0 Å². The standard InChI is InChI=1S/C21H30N2O3/c1-16-11-14-23(15-12-16)19(24)18(17-8-6-5-7-9-17)10-13-22-20(25)26-21(2,3)4/h5-10,16H,11-15H2,1-4H3,(H,22,25)/b18-10+. The van der Waals surface area contributed by atoms with Crippen molar-refractivity contribution < 1.29 is 14.3 Å². The Hall–Kier alpha value is -2.30. The third-order valence-electron chi connectivity index (χ3n) is 4.34. The quantitative estimate of drug-likeness (QED) is 0.832. The van der Waals surface area contributed by atoms with Gasteiger partial charge in [-0.1, -0.05) is 43.3 Å². The number of carbonyl (C=O) groups is 2. The van der Waals surface area contributed by atoms with Crippen LogP contribution in [0.15, 0.2) is 36.4 Å². The molecule has 142 valence electrons. The molecule has 26 heavy (non-hydrogen) atoms. The first kappa shape index (κ1) is 20.0. The maximum atomic E-state index is 13.0. The van der Waals surface area contributed by atoms with Gasteiger partial charge in [0.25, 0.3) is 5.91 Å². The van der Waals surface area contributed by atoms with E-state index in [2.05, 4.69) is 12.2 Å². The highest BCUT2D eigenvalue weighted by Gasteiger charge is 2.24. The van der Waals surface area contributed by atoms with Gasteiger partial charge in [0.05, 0.1) is 0 Å². The summed E-state index contributed by atoms with van der Waals surface area (Å²) in [6, 6.07) is 9.59. The molecule has 0 unspecified atom stereocenters. The Morgan fingerprint density at radius 2 is 1.81 bits per heavy atom. The minimum atomic E-state index is -0.545. The summed E-state index contributed by atoms with van der Waals surface area (Å²) >= 11 is 0. The zero-order chi connectivity index (χ0) is 19.2. The Balaban J connectivity index is 2.09. The number of alkyl carbamates (subject to hydrolysis) is 1. The van der Waals surface area contributed by atoms with Crippen molar-refractivity contribution in [1.29, 1.82) is 0 Å². The van der Waals surface area contributed by atoms with Crippen molar-refractivity contribution in [2.45, 2.75) is 46.1 Å². The number of piperidine rings is 1. The highest BCUT2D eigenvalue weighted by molar-refractivity contribution is 6.19. The summed E-state index contributed by atoms with van der Waals surface area (Å²) in [5.74, 6) is 0.686. The van der Waals surface area contributed by atoms with Gasteiger partial charge in [0, 0.05) is 25.2 Å². The van der Waals surface area contributed by atoms with Crippen LogP contribution in [0.3, 0.4) is 0 Å². The van der Waals surface area contributed by atoms with Gasteiger partial charge in [-0.2, -0.15) is 0 Å². The number of benzene rings is 1. The molecule has 2 rings (SSSR count). The van der Waals surface area contributed by atoms with Crippen molar-refractivity contribution in [3.05, 3.63) is 42.0 Å². The molecule has 1 aliphatic rings. The molecule has 1 fully saturated rings. The van der Waals surface area contributed by atoms with Crippen LogP contribution >= 0.6 is 0 Å². The fraction of sp³-hybridized carbons (Fsp3) is 0.524. The lowest BCUT2D eigenvalue weighted by molar-refractivity contribution is -0.126. The van der Waals surface area contributed by atoms with E-state index in [9.17, 15) is 9.59 Å². The maximum absolute atomic E-state index is 13.0. The summed E-state index contributed by atoms with van der Waals surface area (Å²) in [6.45, 7) is 9.49. The van der Waals surface area contributed by atoms with Crippen LogP contribution < -0.4 is 5.32 Å². The summed E-state index contributed by atoms with van der Waals surface area (Å²) in [4.78, 5) is 26.8. The van der Waals surface area contributed by atoms with Crippen LogP contribution in [0.1, 0.15) is 46.1 Å². The number of hydrogen-bond donors (Lipinski definition) is 1. The Bertz CT molecular complexity index is 639. The summed E-state index contributed by atoms with van der Waals surface area (Å²) in [5, 5.41) is 2.70. The van der Waals surface area contributed by atoms with Gasteiger partial charge in [-0.05, 0) is 45.1 Å². The zero-order valence-corrected chi connectivity index (χ0v) is 16.2. The highest BCUT2D eigenvalue weighted by atomic mass is 16.6. The summed E-state index contributed by atoms with van der Waals surface area (Å²) in [6.07, 6.45) is 3.36.